The Kier molecular flexibility index (Phi) is 3.17. The number of benzene rings is 1. The lowest BCUT2D eigenvalue weighted by molar-refractivity contribution is 0.158. The quantitative estimate of drug-likeness (QED) is 0.877. The molecule has 100 valence electrons. The van der Waals surface area contributed by atoms with E-state index in [2.05, 4.69) is 40.2 Å². The summed E-state index contributed by atoms with van der Waals surface area (Å²) < 4.78 is 2.11. The maximum Gasteiger partial charge on any atom is 0.0678 e. The zero-order valence-electron chi connectivity index (χ0n) is 11.3. The Hall–Kier alpha value is -1.58. The van der Waals surface area contributed by atoms with Crippen LogP contribution < -0.4 is 5.32 Å². The smallest absolute Gasteiger partial charge is 0.0678 e. The average molecular weight is 256 g/mol. The highest BCUT2D eigenvalue weighted by Gasteiger charge is 2.37. The SMILES string of the molecule is Cn1cccc1CNC1(CO)CCc2ccccc21. The minimum absolute atomic E-state index is 0.147. The molecule has 3 nitrogen and oxygen atoms in total. The molecule has 19 heavy (non-hydrogen) atoms. The number of rotatable bonds is 4. The summed E-state index contributed by atoms with van der Waals surface area (Å²) in [5, 5.41) is 13.5. The van der Waals surface area contributed by atoms with E-state index < -0.39 is 0 Å². The van der Waals surface area contributed by atoms with Crippen molar-refractivity contribution in [2.75, 3.05) is 6.61 Å². The zero-order valence-corrected chi connectivity index (χ0v) is 11.3. The molecule has 3 rings (SSSR count). The van der Waals surface area contributed by atoms with Crippen molar-refractivity contribution in [3.05, 3.63) is 59.4 Å². The lowest BCUT2D eigenvalue weighted by Crippen LogP contribution is -2.43. The highest BCUT2D eigenvalue weighted by atomic mass is 16.3. The molecule has 1 unspecified atom stereocenters. The van der Waals surface area contributed by atoms with Crippen LogP contribution in [0.3, 0.4) is 0 Å². The Morgan fingerprint density at radius 2 is 2.11 bits per heavy atom. The van der Waals surface area contributed by atoms with Crippen LogP contribution in [0.15, 0.2) is 42.6 Å². The van der Waals surface area contributed by atoms with Gasteiger partial charge in [-0.3, -0.25) is 5.32 Å². The molecule has 2 aromatic rings. The van der Waals surface area contributed by atoms with Gasteiger partial charge < -0.3 is 9.67 Å². The Labute approximate surface area is 113 Å². The second kappa shape index (κ2) is 4.83. The topological polar surface area (TPSA) is 37.2 Å². The van der Waals surface area contributed by atoms with Crippen LogP contribution in [0.4, 0.5) is 0 Å². The number of hydrogen-bond acceptors (Lipinski definition) is 2. The van der Waals surface area contributed by atoms with Crippen LogP contribution in [0.5, 0.6) is 0 Å². The average Bonchev–Trinajstić information content (AvgIpc) is 3.01. The second-order valence-corrected chi connectivity index (χ2v) is 5.36. The van der Waals surface area contributed by atoms with E-state index >= 15 is 0 Å². The molecule has 0 spiro atoms. The van der Waals surface area contributed by atoms with E-state index in [0.717, 1.165) is 19.4 Å². The number of aryl methyl sites for hydroxylation is 2. The van der Waals surface area contributed by atoms with Crippen molar-refractivity contribution in [3.8, 4) is 0 Å². The van der Waals surface area contributed by atoms with Gasteiger partial charge in [-0.2, -0.15) is 0 Å². The van der Waals surface area contributed by atoms with E-state index in [-0.39, 0.29) is 12.1 Å². The molecule has 0 bridgehead atoms. The standard InChI is InChI=1S/C16H20N2O/c1-18-10-4-6-14(18)11-17-16(12-19)9-8-13-5-2-3-7-15(13)16/h2-7,10,17,19H,8-9,11-12H2,1H3. The highest BCUT2D eigenvalue weighted by Crippen LogP contribution is 2.36. The summed E-state index contributed by atoms with van der Waals surface area (Å²) >= 11 is 0. The number of hydrogen-bond donors (Lipinski definition) is 2. The largest absolute Gasteiger partial charge is 0.394 e. The summed E-state index contributed by atoms with van der Waals surface area (Å²) in [4.78, 5) is 0. The maximum atomic E-state index is 9.89. The fourth-order valence-electron chi connectivity index (χ4n) is 3.03. The first-order chi connectivity index (χ1) is 9.25. The van der Waals surface area contributed by atoms with Crippen LogP contribution in [-0.2, 0) is 25.6 Å². The third-order valence-corrected chi connectivity index (χ3v) is 4.28. The molecule has 1 aromatic carbocycles. The zero-order chi connectivity index (χ0) is 13.3. The number of aromatic nitrogens is 1. The Bertz CT molecular complexity index is 576. The lowest BCUT2D eigenvalue weighted by atomic mass is 9.92. The van der Waals surface area contributed by atoms with Gasteiger partial charge in [0.25, 0.3) is 0 Å². The molecule has 1 heterocycles. The Morgan fingerprint density at radius 1 is 1.26 bits per heavy atom. The number of nitrogens with one attached hydrogen (secondary N) is 1. The van der Waals surface area contributed by atoms with Crippen LogP contribution >= 0.6 is 0 Å². The fraction of sp³-hybridized carbons (Fsp3) is 0.375. The van der Waals surface area contributed by atoms with E-state index in [1.165, 1.54) is 16.8 Å². The molecular weight excluding hydrogens is 236 g/mol. The lowest BCUT2D eigenvalue weighted by Gasteiger charge is -2.30. The van der Waals surface area contributed by atoms with Gasteiger partial charge >= 0.3 is 0 Å². The van der Waals surface area contributed by atoms with Crippen molar-refractivity contribution in [2.45, 2.75) is 24.9 Å². The predicted octanol–water partition coefficient (Wildman–Crippen LogP) is 1.95. The summed E-state index contributed by atoms with van der Waals surface area (Å²) in [6, 6.07) is 12.6. The molecule has 0 radical (unpaired) electrons. The minimum Gasteiger partial charge on any atom is -0.394 e. The molecule has 1 aliphatic rings. The third kappa shape index (κ3) is 2.09. The highest BCUT2D eigenvalue weighted by molar-refractivity contribution is 5.39. The van der Waals surface area contributed by atoms with Gasteiger partial charge in [-0.15, -0.1) is 0 Å². The van der Waals surface area contributed by atoms with E-state index in [1.807, 2.05) is 19.3 Å². The van der Waals surface area contributed by atoms with Crippen molar-refractivity contribution in [2.24, 2.45) is 7.05 Å². The number of nitrogens with zero attached hydrogens (tertiary/aromatic N) is 1. The maximum absolute atomic E-state index is 9.89. The third-order valence-electron chi connectivity index (χ3n) is 4.28. The molecule has 0 saturated heterocycles. The van der Waals surface area contributed by atoms with Crippen LogP contribution in [0.2, 0.25) is 0 Å². The van der Waals surface area contributed by atoms with Crippen LogP contribution in [-0.4, -0.2) is 16.3 Å². The monoisotopic (exact) mass is 256 g/mol. The normalized spacial score (nSPS) is 21.6. The molecule has 1 atom stereocenters. The molecule has 0 fully saturated rings. The van der Waals surface area contributed by atoms with Gasteiger partial charge in [0.2, 0.25) is 0 Å². The Morgan fingerprint density at radius 3 is 2.84 bits per heavy atom. The predicted molar refractivity (Wildman–Crippen MR) is 75.8 cm³/mol. The molecule has 0 saturated carbocycles. The van der Waals surface area contributed by atoms with Crippen molar-refractivity contribution in [3.63, 3.8) is 0 Å². The molecule has 1 aliphatic carbocycles. The summed E-state index contributed by atoms with van der Waals surface area (Å²) in [7, 11) is 2.05. The number of aliphatic hydroxyl groups excluding tert-OH is 1. The van der Waals surface area contributed by atoms with Gasteiger partial charge in [0, 0.05) is 25.5 Å². The van der Waals surface area contributed by atoms with Gasteiger partial charge in [0.05, 0.1) is 12.1 Å². The van der Waals surface area contributed by atoms with E-state index in [1.54, 1.807) is 0 Å². The number of aliphatic hydroxyl groups is 1. The van der Waals surface area contributed by atoms with Gasteiger partial charge in [-0.05, 0) is 36.1 Å². The van der Waals surface area contributed by atoms with Crippen molar-refractivity contribution in [1.29, 1.82) is 0 Å². The first-order valence-electron chi connectivity index (χ1n) is 6.80. The fourth-order valence-corrected chi connectivity index (χ4v) is 3.03. The summed E-state index contributed by atoms with van der Waals surface area (Å²) in [6.45, 7) is 0.923. The minimum atomic E-state index is -0.277. The molecule has 0 amide bonds. The van der Waals surface area contributed by atoms with Gasteiger partial charge in [-0.25, -0.2) is 0 Å². The van der Waals surface area contributed by atoms with Crippen molar-refractivity contribution < 1.29 is 5.11 Å². The Balaban J connectivity index is 1.84. The molecule has 1 aromatic heterocycles. The molecule has 2 N–H and O–H groups in total. The molecule has 0 aliphatic heterocycles. The first-order valence-corrected chi connectivity index (χ1v) is 6.80. The van der Waals surface area contributed by atoms with Crippen molar-refractivity contribution in [1.82, 2.24) is 9.88 Å². The van der Waals surface area contributed by atoms with Gasteiger partial charge in [0.15, 0.2) is 0 Å². The summed E-state index contributed by atoms with van der Waals surface area (Å²) in [6.07, 6.45) is 4.05. The number of fused-ring (bicyclic) bond motifs is 1. The summed E-state index contributed by atoms with van der Waals surface area (Å²) in [5.41, 5.74) is 3.57. The van der Waals surface area contributed by atoms with Crippen LogP contribution in [0.1, 0.15) is 23.2 Å². The van der Waals surface area contributed by atoms with Crippen LogP contribution in [0.25, 0.3) is 0 Å². The second-order valence-electron chi connectivity index (χ2n) is 5.36. The molecular formula is C16H20N2O. The van der Waals surface area contributed by atoms with E-state index in [0.29, 0.717) is 0 Å². The van der Waals surface area contributed by atoms with Crippen LogP contribution in [0, 0.1) is 0 Å². The van der Waals surface area contributed by atoms with Crippen molar-refractivity contribution >= 4 is 0 Å². The van der Waals surface area contributed by atoms with E-state index in [4.69, 9.17) is 0 Å². The van der Waals surface area contributed by atoms with Gasteiger partial charge in [-0.1, -0.05) is 24.3 Å². The van der Waals surface area contributed by atoms with Gasteiger partial charge in [0.1, 0.15) is 0 Å². The molecule has 3 heteroatoms. The summed E-state index contributed by atoms with van der Waals surface area (Å²) in [5.74, 6) is 0. The first kappa shape index (κ1) is 12.5. The van der Waals surface area contributed by atoms with E-state index in [9.17, 15) is 5.11 Å².